The maximum absolute atomic E-state index is 5.76. The number of likely N-dealkylation sites (N-methyl/N-ethyl adjacent to an activating group) is 1. The van der Waals surface area contributed by atoms with Crippen molar-refractivity contribution in [2.75, 3.05) is 53.4 Å². The second kappa shape index (κ2) is 14.3. The number of nitrogens with zero attached hydrogens (tertiary/aromatic N) is 3. The lowest BCUT2D eigenvalue weighted by molar-refractivity contribution is 0.269. The number of hydrogen-bond acceptors (Lipinski definition) is 4. The lowest BCUT2D eigenvalue weighted by Crippen LogP contribution is -2.38. The highest BCUT2D eigenvalue weighted by molar-refractivity contribution is 14.0. The number of rotatable bonds is 8. The van der Waals surface area contributed by atoms with Crippen molar-refractivity contribution in [3.8, 4) is 5.75 Å². The third-order valence-electron chi connectivity index (χ3n) is 5.61. The van der Waals surface area contributed by atoms with Crippen LogP contribution in [0.5, 0.6) is 5.75 Å². The predicted octanol–water partition coefficient (Wildman–Crippen LogP) is 3.49. The highest BCUT2D eigenvalue weighted by Gasteiger charge is 2.12. The van der Waals surface area contributed by atoms with Gasteiger partial charge in [-0.25, -0.2) is 0 Å². The number of aliphatic imine (C=N–C) groups is 1. The number of ether oxygens (including phenoxy) is 1. The Morgan fingerprint density at radius 2 is 1.66 bits per heavy atom. The zero-order chi connectivity index (χ0) is 21.9. The van der Waals surface area contributed by atoms with Crippen LogP contribution in [0.4, 0.5) is 0 Å². The molecule has 32 heavy (non-hydrogen) atoms. The van der Waals surface area contributed by atoms with Gasteiger partial charge < -0.3 is 20.3 Å². The maximum Gasteiger partial charge on any atom is 0.191 e. The molecule has 1 heterocycles. The summed E-state index contributed by atoms with van der Waals surface area (Å²) in [6, 6.07) is 17.0. The zero-order valence-electron chi connectivity index (χ0n) is 19.6. The molecule has 7 heteroatoms. The topological polar surface area (TPSA) is 52.1 Å². The monoisotopic (exact) mass is 551 g/mol. The summed E-state index contributed by atoms with van der Waals surface area (Å²) in [5, 5.41) is 6.67. The summed E-state index contributed by atoms with van der Waals surface area (Å²) in [5.41, 5.74) is 3.86. The van der Waals surface area contributed by atoms with Crippen LogP contribution in [0, 0.1) is 6.92 Å². The van der Waals surface area contributed by atoms with Crippen LogP contribution in [-0.2, 0) is 13.1 Å². The molecule has 0 radical (unpaired) electrons. The van der Waals surface area contributed by atoms with Crippen molar-refractivity contribution in [3.63, 3.8) is 0 Å². The zero-order valence-corrected chi connectivity index (χ0v) is 22.0. The van der Waals surface area contributed by atoms with Crippen LogP contribution in [0.25, 0.3) is 0 Å². The molecule has 1 aliphatic rings. The average Bonchev–Trinajstić information content (AvgIpc) is 2.99. The highest BCUT2D eigenvalue weighted by atomic mass is 127. The van der Waals surface area contributed by atoms with Gasteiger partial charge in [-0.05, 0) is 56.7 Å². The minimum absolute atomic E-state index is 0. The minimum atomic E-state index is 0. The van der Waals surface area contributed by atoms with Gasteiger partial charge in [-0.2, -0.15) is 0 Å². The molecule has 1 saturated heterocycles. The quantitative estimate of drug-likeness (QED) is 0.228. The highest BCUT2D eigenvalue weighted by Crippen LogP contribution is 2.11. The van der Waals surface area contributed by atoms with Crippen molar-refractivity contribution in [1.29, 1.82) is 0 Å². The van der Waals surface area contributed by atoms with Crippen molar-refractivity contribution in [2.45, 2.75) is 26.4 Å². The molecule has 2 aromatic rings. The Bertz CT molecular complexity index is 810. The molecule has 0 amide bonds. The van der Waals surface area contributed by atoms with Crippen molar-refractivity contribution in [1.82, 2.24) is 20.4 Å². The van der Waals surface area contributed by atoms with Gasteiger partial charge in [0.25, 0.3) is 0 Å². The molecular weight excluding hydrogens is 513 g/mol. The van der Waals surface area contributed by atoms with Gasteiger partial charge in [-0.3, -0.25) is 9.89 Å². The van der Waals surface area contributed by atoms with E-state index < -0.39 is 0 Å². The second-order valence-corrected chi connectivity index (χ2v) is 8.26. The normalized spacial score (nSPS) is 15.5. The number of hydrogen-bond donors (Lipinski definition) is 2. The molecule has 0 aromatic heterocycles. The van der Waals surface area contributed by atoms with Crippen LogP contribution >= 0.6 is 24.0 Å². The van der Waals surface area contributed by atoms with E-state index in [0.717, 1.165) is 37.9 Å². The summed E-state index contributed by atoms with van der Waals surface area (Å²) in [5.74, 6) is 1.67. The molecule has 0 aliphatic carbocycles. The third kappa shape index (κ3) is 9.34. The molecule has 2 N–H and O–H groups in total. The number of nitrogens with one attached hydrogen (secondary N) is 2. The van der Waals surface area contributed by atoms with E-state index >= 15 is 0 Å². The van der Waals surface area contributed by atoms with Crippen LogP contribution in [0.1, 0.15) is 23.1 Å². The fraction of sp³-hybridized carbons (Fsp3) is 0.480. The fourth-order valence-electron chi connectivity index (χ4n) is 3.66. The van der Waals surface area contributed by atoms with Crippen LogP contribution in [0.3, 0.4) is 0 Å². The van der Waals surface area contributed by atoms with E-state index in [9.17, 15) is 0 Å². The van der Waals surface area contributed by atoms with Crippen molar-refractivity contribution in [3.05, 3.63) is 65.2 Å². The Balaban J connectivity index is 0.00000363. The molecule has 0 bridgehead atoms. The standard InChI is InChI=1S/C25H37N5O.HI/c1-21-5-11-24(12-6-21)31-18-13-27-25(26-2)28-19-22-7-9-23(10-8-22)20-30-15-4-14-29(3)16-17-30;/h5-12H,4,13-20H2,1-3H3,(H2,26,27,28);1H. The maximum atomic E-state index is 5.76. The molecule has 0 spiro atoms. The third-order valence-corrected chi connectivity index (χ3v) is 5.61. The van der Waals surface area contributed by atoms with E-state index in [-0.39, 0.29) is 24.0 Å². The molecule has 0 atom stereocenters. The molecule has 1 fully saturated rings. The molecule has 176 valence electrons. The number of benzene rings is 2. The first-order chi connectivity index (χ1) is 15.1. The van der Waals surface area contributed by atoms with Crippen LogP contribution in [0.15, 0.2) is 53.5 Å². The first kappa shape index (κ1) is 26.4. The Hall–Kier alpha value is -1.84. The van der Waals surface area contributed by atoms with Crippen LogP contribution in [-0.4, -0.2) is 69.2 Å². The SMILES string of the molecule is CN=C(NCCOc1ccc(C)cc1)NCc1ccc(CN2CCCN(C)CC2)cc1.I. The first-order valence-electron chi connectivity index (χ1n) is 11.2. The van der Waals surface area contributed by atoms with Gasteiger partial charge in [0.05, 0.1) is 6.54 Å². The second-order valence-electron chi connectivity index (χ2n) is 8.26. The molecule has 1 aliphatic heterocycles. The van der Waals surface area contributed by atoms with Gasteiger partial charge in [0, 0.05) is 33.2 Å². The Kier molecular flexibility index (Phi) is 11.8. The molecule has 0 saturated carbocycles. The number of aryl methyl sites for hydroxylation is 1. The van der Waals surface area contributed by atoms with Crippen molar-refractivity contribution >= 4 is 29.9 Å². The van der Waals surface area contributed by atoms with E-state index in [4.69, 9.17) is 4.74 Å². The summed E-state index contributed by atoms with van der Waals surface area (Å²) in [6.45, 7) is 9.82. The minimum Gasteiger partial charge on any atom is -0.492 e. The van der Waals surface area contributed by atoms with Gasteiger partial charge in [0.1, 0.15) is 12.4 Å². The summed E-state index contributed by atoms with van der Waals surface area (Å²) in [7, 11) is 4.00. The van der Waals surface area contributed by atoms with Gasteiger partial charge in [0.2, 0.25) is 0 Å². The molecular formula is C25H38IN5O. The average molecular weight is 552 g/mol. The Morgan fingerprint density at radius 3 is 2.38 bits per heavy atom. The molecule has 2 aromatic carbocycles. The van der Waals surface area contributed by atoms with E-state index in [1.54, 1.807) is 7.05 Å². The summed E-state index contributed by atoms with van der Waals surface area (Å²) in [4.78, 5) is 9.28. The first-order valence-corrected chi connectivity index (χ1v) is 11.2. The van der Waals surface area contributed by atoms with Crippen molar-refractivity contribution in [2.24, 2.45) is 4.99 Å². The lowest BCUT2D eigenvalue weighted by atomic mass is 10.1. The van der Waals surface area contributed by atoms with E-state index in [0.29, 0.717) is 13.2 Å². The Labute approximate surface area is 210 Å². The van der Waals surface area contributed by atoms with E-state index in [1.807, 2.05) is 12.1 Å². The lowest BCUT2D eigenvalue weighted by Gasteiger charge is -2.20. The van der Waals surface area contributed by atoms with Crippen LogP contribution in [0.2, 0.25) is 0 Å². The molecule has 3 rings (SSSR count). The number of halogens is 1. The van der Waals surface area contributed by atoms with Crippen LogP contribution < -0.4 is 15.4 Å². The fourth-order valence-corrected chi connectivity index (χ4v) is 3.66. The van der Waals surface area contributed by atoms with Gasteiger partial charge in [-0.1, -0.05) is 42.0 Å². The van der Waals surface area contributed by atoms with Gasteiger partial charge in [0.15, 0.2) is 5.96 Å². The Morgan fingerprint density at radius 1 is 0.938 bits per heavy atom. The largest absolute Gasteiger partial charge is 0.492 e. The van der Waals surface area contributed by atoms with Gasteiger partial charge in [-0.15, -0.1) is 24.0 Å². The van der Waals surface area contributed by atoms with Crippen molar-refractivity contribution < 1.29 is 4.74 Å². The predicted molar refractivity (Wildman–Crippen MR) is 144 cm³/mol. The molecule has 0 unspecified atom stereocenters. The van der Waals surface area contributed by atoms with E-state index in [2.05, 4.69) is 75.8 Å². The smallest absolute Gasteiger partial charge is 0.191 e. The van der Waals surface area contributed by atoms with Gasteiger partial charge >= 0.3 is 0 Å². The van der Waals surface area contributed by atoms with E-state index in [1.165, 1.54) is 36.2 Å². The molecule has 6 nitrogen and oxygen atoms in total. The summed E-state index contributed by atoms with van der Waals surface area (Å²) < 4.78 is 5.76. The number of guanidine groups is 1. The summed E-state index contributed by atoms with van der Waals surface area (Å²) in [6.07, 6.45) is 1.25. The summed E-state index contributed by atoms with van der Waals surface area (Å²) >= 11 is 0.